The third-order valence-electron chi connectivity index (χ3n) is 4.25. The number of carbonyl (C=O) groups is 1. The SMILES string of the molecule is CCOC1(C(=O)Cc2ccc(Cl)cc2Cl)CCCC(C)C1. The zero-order valence-corrected chi connectivity index (χ0v) is 14.1. The van der Waals surface area contributed by atoms with Crippen LogP contribution >= 0.6 is 23.2 Å². The van der Waals surface area contributed by atoms with Crippen molar-refractivity contribution >= 4 is 29.0 Å². The Balaban J connectivity index is 2.18. The molecule has 2 rings (SSSR count). The molecule has 21 heavy (non-hydrogen) atoms. The molecular weight excluding hydrogens is 307 g/mol. The fourth-order valence-corrected chi connectivity index (χ4v) is 3.72. The quantitative estimate of drug-likeness (QED) is 0.752. The Morgan fingerprint density at radius 1 is 1.43 bits per heavy atom. The highest BCUT2D eigenvalue weighted by Crippen LogP contribution is 2.37. The number of ketones is 1. The lowest BCUT2D eigenvalue weighted by atomic mass is 9.75. The van der Waals surface area contributed by atoms with E-state index in [0.717, 1.165) is 24.8 Å². The third-order valence-corrected chi connectivity index (χ3v) is 4.84. The van der Waals surface area contributed by atoms with Crippen molar-refractivity contribution in [2.45, 2.75) is 51.6 Å². The summed E-state index contributed by atoms with van der Waals surface area (Å²) in [5.74, 6) is 0.662. The van der Waals surface area contributed by atoms with Crippen LogP contribution in [0.2, 0.25) is 10.0 Å². The van der Waals surface area contributed by atoms with Crippen LogP contribution in [0.15, 0.2) is 18.2 Å². The molecule has 1 aromatic rings. The molecule has 0 aliphatic heterocycles. The first kappa shape index (κ1) is 16.8. The maximum absolute atomic E-state index is 12.8. The van der Waals surface area contributed by atoms with E-state index in [1.165, 1.54) is 6.42 Å². The predicted molar refractivity (Wildman–Crippen MR) is 87.2 cm³/mol. The zero-order valence-electron chi connectivity index (χ0n) is 12.6. The molecule has 2 atom stereocenters. The molecule has 0 saturated heterocycles. The number of Topliss-reactive ketones (excluding diaryl/α,β-unsaturated/α-hetero) is 1. The second-order valence-corrected chi connectivity index (χ2v) is 6.81. The molecule has 4 heteroatoms. The molecule has 0 amide bonds. The van der Waals surface area contributed by atoms with E-state index < -0.39 is 5.60 Å². The number of rotatable bonds is 5. The van der Waals surface area contributed by atoms with Crippen molar-refractivity contribution in [2.24, 2.45) is 5.92 Å². The van der Waals surface area contributed by atoms with Crippen LogP contribution in [0.5, 0.6) is 0 Å². The van der Waals surface area contributed by atoms with Gasteiger partial charge in [-0.1, -0.05) is 42.6 Å². The van der Waals surface area contributed by atoms with E-state index in [-0.39, 0.29) is 5.78 Å². The van der Waals surface area contributed by atoms with Gasteiger partial charge in [0, 0.05) is 23.1 Å². The lowest BCUT2D eigenvalue weighted by Gasteiger charge is -2.38. The van der Waals surface area contributed by atoms with E-state index in [2.05, 4.69) is 6.92 Å². The number of ether oxygens (including phenoxy) is 1. The molecule has 0 N–H and O–H groups in total. The molecule has 2 unspecified atom stereocenters. The number of halogens is 2. The van der Waals surface area contributed by atoms with Crippen LogP contribution in [0.4, 0.5) is 0 Å². The molecule has 0 spiro atoms. The molecule has 0 aromatic heterocycles. The Kier molecular flexibility index (Phi) is 5.70. The molecule has 0 bridgehead atoms. The van der Waals surface area contributed by atoms with E-state index >= 15 is 0 Å². The first-order valence-electron chi connectivity index (χ1n) is 7.58. The molecule has 1 saturated carbocycles. The van der Waals surface area contributed by atoms with Crippen molar-refractivity contribution in [1.82, 2.24) is 0 Å². The summed E-state index contributed by atoms with van der Waals surface area (Å²) >= 11 is 12.1. The van der Waals surface area contributed by atoms with E-state index in [1.807, 2.05) is 13.0 Å². The van der Waals surface area contributed by atoms with Gasteiger partial charge in [-0.15, -0.1) is 0 Å². The molecule has 1 fully saturated rings. The average molecular weight is 329 g/mol. The standard InChI is InChI=1S/C17H22Cl2O2/c1-3-21-17(8-4-5-12(2)11-17)16(20)9-13-6-7-14(18)10-15(13)19/h6-7,10,12H,3-5,8-9,11H2,1-2H3. The minimum absolute atomic E-state index is 0.139. The summed E-state index contributed by atoms with van der Waals surface area (Å²) in [5, 5.41) is 1.13. The number of benzene rings is 1. The summed E-state index contributed by atoms with van der Waals surface area (Å²) in [6.45, 7) is 4.70. The second-order valence-electron chi connectivity index (χ2n) is 5.96. The van der Waals surface area contributed by atoms with Gasteiger partial charge in [0.2, 0.25) is 0 Å². The molecular formula is C17H22Cl2O2. The Morgan fingerprint density at radius 2 is 2.19 bits per heavy atom. The van der Waals surface area contributed by atoms with Gasteiger partial charge in [0.15, 0.2) is 5.78 Å². The number of hydrogen-bond donors (Lipinski definition) is 0. The van der Waals surface area contributed by atoms with Crippen LogP contribution in [0.1, 0.15) is 45.1 Å². The molecule has 1 aliphatic rings. The van der Waals surface area contributed by atoms with E-state index in [4.69, 9.17) is 27.9 Å². The molecule has 0 heterocycles. The van der Waals surface area contributed by atoms with Crippen molar-refractivity contribution in [3.8, 4) is 0 Å². The van der Waals surface area contributed by atoms with Crippen LogP contribution < -0.4 is 0 Å². The minimum atomic E-state index is -0.630. The predicted octanol–water partition coefficient (Wildman–Crippen LogP) is 5.09. The maximum Gasteiger partial charge on any atom is 0.169 e. The maximum atomic E-state index is 12.8. The Morgan fingerprint density at radius 3 is 2.81 bits per heavy atom. The van der Waals surface area contributed by atoms with Gasteiger partial charge in [0.25, 0.3) is 0 Å². The molecule has 0 radical (unpaired) electrons. The van der Waals surface area contributed by atoms with Crippen molar-refractivity contribution in [2.75, 3.05) is 6.61 Å². The van der Waals surface area contributed by atoms with Crippen molar-refractivity contribution in [3.05, 3.63) is 33.8 Å². The van der Waals surface area contributed by atoms with Crippen LogP contribution in [0.3, 0.4) is 0 Å². The summed E-state index contributed by atoms with van der Waals surface area (Å²) in [6, 6.07) is 5.28. The fraction of sp³-hybridized carbons (Fsp3) is 0.588. The molecule has 2 nitrogen and oxygen atoms in total. The van der Waals surface area contributed by atoms with Gasteiger partial charge < -0.3 is 4.74 Å². The highest BCUT2D eigenvalue weighted by Gasteiger charge is 2.42. The van der Waals surface area contributed by atoms with Gasteiger partial charge in [-0.05, 0) is 49.8 Å². The number of hydrogen-bond acceptors (Lipinski definition) is 2. The first-order valence-corrected chi connectivity index (χ1v) is 8.33. The molecule has 116 valence electrons. The highest BCUT2D eigenvalue weighted by atomic mass is 35.5. The third kappa shape index (κ3) is 4.00. The Hall–Kier alpha value is -0.570. The normalized spacial score (nSPS) is 25.8. The smallest absolute Gasteiger partial charge is 0.169 e. The topological polar surface area (TPSA) is 26.3 Å². The summed E-state index contributed by atoms with van der Waals surface area (Å²) in [4.78, 5) is 12.8. The summed E-state index contributed by atoms with van der Waals surface area (Å²) in [7, 11) is 0. The molecule has 1 aromatic carbocycles. The van der Waals surface area contributed by atoms with Crippen molar-refractivity contribution in [1.29, 1.82) is 0 Å². The summed E-state index contributed by atoms with van der Waals surface area (Å²) < 4.78 is 5.92. The van der Waals surface area contributed by atoms with Gasteiger partial charge in [0.1, 0.15) is 5.60 Å². The van der Waals surface area contributed by atoms with Crippen LogP contribution in [0.25, 0.3) is 0 Å². The van der Waals surface area contributed by atoms with Gasteiger partial charge in [-0.2, -0.15) is 0 Å². The Labute approximate surface area is 136 Å². The van der Waals surface area contributed by atoms with Gasteiger partial charge in [-0.3, -0.25) is 4.79 Å². The lowest BCUT2D eigenvalue weighted by molar-refractivity contribution is -0.150. The zero-order chi connectivity index (χ0) is 15.5. The summed E-state index contributed by atoms with van der Waals surface area (Å²) in [5.41, 5.74) is 0.193. The van der Waals surface area contributed by atoms with Gasteiger partial charge in [-0.25, -0.2) is 0 Å². The van der Waals surface area contributed by atoms with Crippen LogP contribution in [-0.2, 0) is 16.0 Å². The van der Waals surface area contributed by atoms with Crippen LogP contribution in [-0.4, -0.2) is 18.0 Å². The van der Waals surface area contributed by atoms with Crippen LogP contribution in [0, 0.1) is 5.92 Å². The average Bonchev–Trinajstić information content (AvgIpc) is 2.42. The largest absolute Gasteiger partial charge is 0.367 e. The van der Waals surface area contributed by atoms with E-state index in [0.29, 0.717) is 29.0 Å². The van der Waals surface area contributed by atoms with Gasteiger partial charge in [0.05, 0.1) is 0 Å². The van der Waals surface area contributed by atoms with E-state index in [1.54, 1.807) is 12.1 Å². The summed E-state index contributed by atoms with van der Waals surface area (Å²) in [6.07, 6.45) is 4.15. The van der Waals surface area contributed by atoms with E-state index in [9.17, 15) is 4.79 Å². The lowest BCUT2D eigenvalue weighted by Crippen LogP contribution is -2.46. The first-order chi connectivity index (χ1) is 9.97. The molecule has 1 aliphatic carbocycles. The highest BCUT2D eigenvalue weighted by molar-refractivity contribution is 6.35. The second kappa shape index (κ2) is 7.13. The monoisotopic (exact) mass is 328 g/mol. The fourth-order valence-electron chi connectivity index (χ4n) is 3.24. The Bertz CT molecular complexity index is 512. The minimum Gasteiger partial charge on any atom is -0.367 e. The van der Waals surface area contributed by atoms with Crippen molar-refractivity contribution in [3.63, 3.8) is 0 Å². The van der Waals surface area contributed by atoms with Gasteiger partial charge >= 0.3 is 0 Å². The van der Waals surface area contributed by atoms with Crippen molar-refractivity contribution < 1.29 is 9.53 Å². The number of carbonyl (C=O) groups excluding carboxylic acids is 1.